The number of nitrogens with zero attached hydrogens (tertiary/aromatic N) is 4. The molecule has 0 fully saturated rings. The molecule has 110 valence electrons. The lowest BCUT2D eigenvalue weighted by molar-refractivity contribution is 0.102. The van der Waals surface area contributed by atoms with Gasteiger partial charge in [-0.2, -0.15) is 0 Å². The topological polar surface area (TPSA) is 72.7 Å². The van der Waals surface area contributed by atoms with Crippen LogP contribution in [0.2, 0.25) is 0 Å². The van der Waals surface area contributed by atoms with Gasteiger partial charge < -0.3 is 5.32 Å². The molecule has 22 heavy (non-hydrogen) atoms. The number of nitrogens with one attached hydrogen (secondary N) is 1. The molecule has 0 spiro atoms. The van der Waals surface area contributed by atoms with Gasteiger partial charge in [0.25, 0.3) is 5.91 Å². The maximum absolute atomic E-state index is 12.4. The number of aromatic nitrogens is 4. The molecule has 6 heteroatoms. The van der Waals surface area contributed by atoms with Gasteiger partial charge in [-0.25, -0.2) is 4.68 Å². The van der Waals surface area contributed by atoms with Crippen LogP contribution in [0.1, 0.15) is 22.8 Å². The van der Waals surface area contributed by atoms with E-state index in [9.17, 15) is 4.79 Å². The van der Waals surface area contributed by atoms with Crippen LogP contribution >= 0.6 is 0 Å². The molecular formula is C16H15N5O. The molecule has 1 aromatic heterocycles. The Morgan fingerprint density at radius 3 is 2.82 bits per heavy atom. The number of carbonyl (C=O) groups excluding carboxylic acids is 1. The smallest absolute Gasteiger partial charge is 0.255 e. The summed E-state index contributed by atoms with van der Waals surface area (Å²) in [5.74, 6) is -0.157. The molecule has 0 saturated carbocycles. The number of benzene rings is 2. The van der Waals surface area contributed by atoms with Crippen molar-refractivity contribution < 1.29 is 4.79 Å². The maximum Gasteiger partial charge on any atom is 0.255 e. The van der Waals surface area contributed by atoms with Gasteiger partial charge in [0.1, 0.15) is 6.33 Å². The van der Waals surface area contributed by atoms with E-state index < -0.39 is 0 Å². The van der Waals surface area contributed by atoms with Gasteiger partial charge in [0, 0.05) is 11.3 Å². The lowest BCUT2D eigenvalue weighted by Gasteiger charge is -2.10. The van der Waals surface area contributed by atoms with E-state index in [0.29, 0.717) is 5.56 Å². The summed E-state index contributed by atoms with van der Waals surface area (Å²) in [6, 6.07) is 14.9. The molecule has 6 nitrogen and oxygen atoms in total. The van der Waals surface area contributed by atoms with Crippen molar-refractivity contribution in [1.82, 2.24) is 20.2 Å². The minimum Gasteiger partial charge on any atom is -0.322 e. The first-order chi connectivity index (χ1) is 10.8. The zero-order valence-corrected chi connectivity index (χ0v) is 12.1. The van der Waals surface area contributed by atoms with Gasteiger partial charge in [0.2, 0.25) is 0 Å². The van der Waals surface area contributed by atoms with Gasteiger partial charge in [0.15, 0.2) is 0 Å². The van der Waals surface area contributed by atoms with Crippen molar-refractivity contribution >= 4 is 11.6 Å². The van der Waals surface area contributed by atoms with E-state index in [-0.39, 0.29) is 5.91 Å². The molecule has 0 unspecified atom stereocenters. The van der Waals surface area contributed by atoms with E-state index in [0.717, 1.165) is 23.4 Å². The van der Waals surface area contributed by atoms with Gasteiger partial charge in [-0.15, -0.1) is 5.10 Å². The molecule has 2 aromatic carbocycles. The highest BCUT2D eigenvalue weighted by atomic mass is 16.1. The Kier molecular flexibility index (Phi) is 3.91. The highest BCUT2D eigenvalue weighted by molar-refractivity contribution is 6.04. The Morgan fingerprint density at radius 2 is 2.05 bits per heavy atom. The van der Waals surface area contributed by atoms with Crippen molar-refractivity contribution in [2.45, 2.75) is 13.3 Å². The Balaban J connectivity index is 1.85. The molecule has 1 amide bonds. The summed E-state index contributed by atoms with van der Waals surface area (Å²) in [6.07, 6.45) is 2.35. The number of rotatable bonds is 4. The normalized spacial score (nSPS) is 10.4. The highest BCUT2D eigenvalue weighted by Crippen LogP contribution is 2.17. The molecule has 0 aliphatic heterocycles. The molecule has 0 saturated heterocycles. The largest absolute Gasteiger partial charge is 0.322 e. The highest BCUT2D eigenvalue weighted by Gasteiger charge is 2.09. The number of para-hydroxylation sites is 1. The van der Waals surface area contributed by atoms with E-state index >= 15 is 0 Å². The monoisotopic (exact) mass is 293 g/mol. The molecule has 0 aliphatic rings. The molecule has 0 bridgehead atoms. The Hall–Kier alpha value is -3.02. The van der Waals surface area contributed by atoms with Gasteiger partial charge >= 0.3 is 0 Å². The van der Waals surface area contributed by atoms with Crippen molar-refractivity contribution in [2.24, 2.45) is 0 Å². The molecule has 1 heterocycles. The summed E-state index contributed by atoms with van der Waals surface area (Å²) < 4.78 is 1.51. The molecule has 3 rings (SSSR count). The molecule has 0 atom stereocenters. The summed E-state index contributed by atoms with van der Waals surface area (Å²) in [7, 11) is 0. The van der Waals surface area contributed by atoms with Gasteiger partial charge in [-0.3, -0.25) is 4.79 Å². The second-order valence-electron chi connectivity index (χ2n) is 4.77. The van der Waals surface area contributed by atoms with Crippen LogP contribution < -0.4 is 5.32 Å². The summed E-state index contributed by atoms with van der Waals surface area (Å²) in [4.78, 5) is 12.4. The quantitative estimate of drug-likeness (QED) is 0.802. The van der Waals surface area contributed by atoms with Gasteiger partial charge in [-0.05, 0) is 46.7 Å². The van der Waals surface area contributed by atoms with Crippen molar-refractivity contribution in [1.29, 1.82) is 0 Å². The third-order valence-corrected chi connectivity index (χ3v) is 3.37. The molecule has 3 aromatic rings. The van der Waals surface area contributed by atoms with Crippen molar-refractivity contribution in [3.63, 3.8) is 0 Å². The van der Waals surface area contributed by atoms with Crippen molar-refractivity contribution in [3.8, 4) is 5.69 Å². The molecule has 1 N–H and O–H groups in total. The molecular weight excluding hydrogens is 278 g/mol. The van der Waals surface area contributed by atoms with Crippen LogP contribution in [0.15, 0.2) is 54.9 Å². The van der Waals surface area contributed by atoms with E-state index in [1.165, 1.54) is 11.0 Å². The molecule has 0 radical (unpaired) electrons. The summed E-state index contributed by atoms with van der Waals surface area (Å²) >= 11 is 0. The maximum atomic E-state index is 12.4. The van der Waals surface area contributed by atoms with E-state index in [1.54, 1.807) is 18.2 Å². The lowest BCUT2D eigenvalue weighted by Crippen LogP contribution is -2.13. The second kappa shape index (κ2) is 6.17. The van der Waals surface area contributed by atoms with Crippen LogP contribution in [0.3, 0.4) is 0 Å². The Bertz CT molecular complexity index is 783. The zero-order chi connectivity index (χ0) is 15.4. The summed E-state index contributed by atoms with van der Waals surface area (Å²) in [5.41, 5.74) is 3.23. The van der Waals surface area contributed by atoms with E-state index in [4.69, 9.17) is 0 Å². The molecule has 0 aliphatic carbocycles. The third-order valence-electron chi connectivity index (χ3n) is 3.37. The minimum atomic E-state index is -0.157. The number of aryl methyl sites for hydroxylation is 1. The van der Waals surface area contributed by atoms with Crippen LogP contribution in [0.5, 0.6) is 0 Å². The fraction of sp³-hybridized carbons (Fsp3) is 0.125. The number of carbonyl (C=O) groups is 1. The van der Waals surface area contributed by atoms with Crippen LogP contribution in [-0.4, -0.2) is 26.1 Å². The SMILES string of the molecule is CCc1ccccc1NC(=O)c1cccc(-n2cnnn2)c1. The van der Waals surface area contributed by atoms with Crippen LogP contribution in [0, 0.1) is 0 Å². The van der Waals surface area contributed by atoms with E-state index in [2.05, 4.69) is 27.8 Å². The van der Waals surface area contributed by atoms with Crippen LogP contribution in [0.25, 0.3) is 5.69 Å². The van der Waals surface area contributed by atoms with Crippen molar-refractivity contribution in [3.05, 3.63) is 66.0 Å². The second-order valence-corrected chi connectivity index (χ2v) is 4.77. The first kappa shape index (κ1) is 13.9. The number of tetrazole rings is 1. The van der Waals surface area contributed by atoms with Gasteiger partial charge in [0.05, 0.1) is 5.69 Å². The van der Waals surface area contributed by atoms with Crippen molar-refractivity contribution in [2.75, 3.05) is 5.32 Å². The minimum absolute atomic E-state index is 0.157. The standard InChI is InChI=1S/C16H15N5O/c1-2-12-6-3-4-9-15(12)18-16(22)13-7-5-8-14(10-13)21-11-17-19-20-21/h3-11H,2H2,1H3,(H,18,22). The van der Waals surface area contributed by atoms with E-state index in [1.807, 2.05) is 30.3 Å². The van der Waals surface area contributed by atoms with Crippen LogP contribution in [-0.2, 0) is 6.42 Å². The predicted octanol–water partition coefficient (Wildman–Crippen LogP) is 2.48. The van der Waals surface area contributed by atoms with Gasteiger partial charge in [-0.1, -0.05) is 31.2 Å². The average molecular weight is 293 g/mol. The zero-order valence-electron chi connectivity index (χ0n) is 12.1. The fourth-order valence-electron chi connectivity index (χ4n) is 2.21. The summed E-state index contributed by atoms with van der Waals surface area (Å²) in [6.45, 7) is 2.06. The number of anilines is 1. The number of hydrogen-bond acceptors (Lipinski definition) is 4. The number of hydrogen-bond donors (Lipinski definition) is 1. The fourth-order valence-corrected chi connectivity index (χ4v) is 2.21. The first-order valence-electron chi connectivity index (χ1n) is 7.00. The Morgan fingerprint density at radius 1 is 1.18 bits per heavy atom. The third kappa shape index (κ3) is 2.85. The number of amides is 1. The summed E-state index contributed by atoms with van der Waals surface area (Å²) in [5, 5.41) is 14.0. The predicted molar refractivity (Wildman–Crippen MR) is 82.9 cm³/mol. The first-order valence-corrected chi connectivity index (χ1v) is 7.00. The van der Waals surface area contributed by atoms with Crippen LogP contribution in [0.4, 0.5) is 5.69 Å². The lowest BCUT2D eigenvalue weighted by atomic mass is 10.1. The Labute approximate surface area is 127 Å². The average Bonchev–Trinajstić information content (AvgIpc) is 3.10.